The van der Waals surface area contributed by atoms with Crippen LogP contribution < -0.4 is 20.7 Å². The van der Waals surface area contributed by atoms with Crippen LogP contribution in [0, 0.1) is 5.92 Å². The molecule has 1 aliphatic carbocycles. The van der Waals surface area contributed by atoms with Crippen molar-refractivity contribution in [2.45, 2.75) is 71.9 Å². The topological polar surface area (TPSA) is 84.0 Å². The predicted molar refractivity (Wildman–Crippen MR) is 142 cm³/mol. The molecule has 32 heavy (non-hydrogen) atoms. The molecule has 0 heterocycles. The highest BCUT2D eigenvalue weighted by Crippen LogP contribution is 2.28. The minimum atomic E-state index is 0. The highest BCUT2D eigenvalue weighted by molar-refractivity contribution is 14.0. The molecule has 0 radical (unpaired) electrons. The van der Waals surface area contributed by atoms with E-state index in [0.29, 0.717) is 25.5 Å². The van der Waals surface area contributed by atoms with Gasteiger partial charge in [0.15, 0.2) is 5.96 Å². The Balaban J connectivity index is 0.00000512. The molecule has 1 aromatic rings. The zero-order chi connectivity index (χ0) is 22.5. The second-order valence-corrected chi connectivity index (χ2v) is 8.47. The molecule has 7 nitrogen and oxygen atoms in total. The lowest BCUT2D eigenvalue weighted by Crippen LogP contribution is -2.37. The van der Waals surface area contributed by atoms with E-state index < -0.39 is 0 Å². The summed E-state index contributed by atoms with van der Waals surface area (Å²) in [5.74, 6) is 2.33. The largest absolute Gasteiger partial charge is 0.491 e. The third kappa shape index (κ3) is 13.1. The first kappa shape index (κ1) is 28.5. The lowest BCUT2D eigenvalue weighted by molar-refractivity contribution is -0.121. The lowest BCUT2D eigenvalue weighted by Gasteiger charge is -2.15. The lowest BCUT2D eigenvalue weighted by atomic mass is 10.2. The van der Waals surface area contributed by atoms with Gasteiger partial charge in [0.05, 0.1) is 6.10 Å². The molecule has 2 rings (SSSR count). The molecule has 0 spiro atoms. The molecule has 1 saturated carbocycles. The number of hydrogen-bond donors (Lipinski definition) is 3. The van der Waals surface area contributed by atoms with Crippen molar-refractivity contribution in [2.75, 3.05) is 31.6 Å². The van der Waals surface area contributed by atoms with Crippen LogP contribution in [0.1, 0.15) is 59.8 Å². The normalized spacial score (nSPS) is 14.5. The predicted octanol–water partition coefficient (Wildman–Crippen LogP) is 4.57. The minimum absolute atomic E-state index is 0. The van der Waals surface area contributed by atoms with Crippen molar-refractivity contribution in [1.29, 1.82) is 0 Å². The Labute approximate surface area is 210 Å². The van der Waals surface area contributed by atoms with Crippen LogP contribution in [0.2, 0.25) is 0 Å². The molecule has 0 saturated heterocycles. The van der Waals surface area contributed by atoms with Gasteiger partial charge in [-0.1, -0.05) is 6.92 Å². The second-order valence-electron chi connectivity index (χ2n) is 8.47. The number of aliphatic imine (C=N–C) groups is 1. The molecule has 0 aromatic heterocycles. The van der Waals surface area contributed by atoms with Gasteiger partial charge in [-0.05, 0) is 76.6 Å². The highest BCUT2D eigenvalue weighted by atomic mass is 127. The first-order chi connectivity index (χ1) is 15.0. The molecule has 1 aliphatic rings. The van der Waals surface area contributed by atoms with Gasteiger partial charge in [0.2, 0.25) is 5.91 Å². The maximum atomic E-state index is 12.0. The summed E-state index contributed by atoms with van der Waals surface area (Å²) >= 11 is 0. The van der Waals surface area contributed by atoms with Gasteiger partial charge in [0, 0.05) is 44.5 Å². The van der Waals surface area contributed by atoms with Crippen LogP contribution in [0.25, 0.3) is 0 Å². The average Bonchev–Trinajstić information content (AvgIpc) is 3.55. The van der Waals surface area contributed by atoms with E-state index in [9.17, 15) is 4.79 Å². The van der Waals surface area contributed by atoms with Crippen LogP contribution in [-0.2, 0) is 9.53 Å². The number of ether oxygens (including phenoxy) is 2. The van der Waals surface area contributed by atoms with Crippen LogP contribution >= 0.6 is 24.0 Å². The number of nitrogens with one attached hydrogen (secondary N) is 3. The summed E-state index contributed by atoms with van der Waals surface area (Å²) < 4.78 is 11.4. The average molecular weight is 561 g/mol. The molecule has 8 heteroatoms. The van der Waals surface area contributed by atoms with Crippen molar-refractivity contribution in [3.63, 3.8) is 0 Å². The smallest absolute Gasteiger partial charge is 0.221 e. The van der Waals surface area contributed by atoms with Crippen LogP contribution in [0.4, 0.5) is 5.69 Å². The van der Waals surface area contributed by atoms with E-state index in [2.05, 4.69) is 27.9 Å². The molecule has 1 amide bonds. The van der Waals surface area contributed by atoms with Crippen molar-refractivity contribution in [3.05, 3.63) is 24.3 Å². The first-order valence-corrected chi connectivity index (χ1v) is 11.7. The fourth-order valence-electron chi connectivity index (χ4n) is 2.80. The summed E-state index contributed by atoms with van der Waals surface area (Å²) in [5, 5.41) is 9.56. The summed E-state index contributed by atoms with van der Waals surface area (Å²) in [7, 11) is 0. The third-order valence-corrected chi connectivity index (χ3v) is 4.92. The Kier molecular flexibility index (Phi) is 14.4. The molecule has 0 bridgehead atoms. The summed E-state index contributed by atoms with van der Waals surface area (Å²) in [6, 6.07) is 7.99. The summed E-state index contributed by atoms with van der Waals surface area (Å²) in [5.41, 5.74) is 0.913. The van der Waals surface area contributed by atoms with Gasteiger partial charge in [0.1, 0.15) is 5.75 Å². The monoisotopic (exact) mass is 560 g/mol. The number of nitrogens with zero attached hydrogens (tertiary/aromatic N) is 1. The maximum absolute atomic E-state index is 12.0. The van der Waals surface area contributed by atoms with Gasteiger partial charge in [-0.2, -0.15) is 0 Å². The Morgan fingerprint density at radius 2 is 1.91 bits per heavy atom. The second kappa shape index (κ2) is 16.1. The van der Waals surface area contributed by atoms with E-state index in [1.54, 1.807) is 0 Å². The van der Waals surface area contributed by atoms with E-state index in [0.717, 1.165) is 43.4 Å². The van der Waals surface area contributed by atoms with E-state index in [1.807, 2.05) is 45.0 Å². The number of hydrogen-bond acceptors (Lipinski definition) is 4. The van der Waals surface area contributed by atoms with Crippen LogP contribution in [-0.4, -0.2) is 50.3 Å². The molecule has 1 fully saturated rings. The highest BCUT2D eigenvalue weighted by Gasteiger charge is 2.20. The van der Waals surface area contributed by atoms with E-state index >= 15 is 0 Å². The number of carbonyl (C=O) groups excluding carboxylic acids is 1. The number of benzene rings is 1. The van der Waals surface area contributed by atoms with Crippen LogP contribution in [0.15, 0.2) is 29.3 Å². The number of rotatable bonds is 14. The number of carbonyl (C=O) groups is 1. The van der Waals surface area contributed by atoms with Crippen molar-refractivity contribution in [3.8, 4) is 5.75 Å². The Morgan fingerprint density at radius 3 is 2.53 bits per heavy atom. The summed E-state index contributed by atoms with van der Waals surface area (Å²) in [4.78, 5) is 16.7. The van der Waals surface area contributed by atoms with Crippen molar-refractivity contribution in [2.24, 2.45) is 10.9 Å². The zero-order valence-electron chi connectivity index (χ0n) is 20.0. The van der Waals surface area contributed by atoms with Crippen LogP contribution in [0.3, 0.4) is 0 Å². The van der Waals surface area contributed by atoms with E-state index in [-0.39, 0.29) is 42.0 Å². The SMILES string of the molecule is CCC(C)NC(=O)CCNC(=NCCCOCC1CC1)Nc1ccc(OC(C)C)cc1.I. The van der Waals surface area contributed by atoms with E-state index in [4.69, 9.17) is 9.47 Å². The van der Waals surface area contributed by atoms with E-state index in [1.165, 1.54) is 12.8 Å². The quantitative estimate of drug-likeness (QED) is 0.134. The fourth-order valence-corrected chi connectivity index (χ4v) is 2.80. The Bertz CT molecular complexity index is 678. The Hall–Kier alpha value is -1.55. The first-order valence-electron chi connectivity index (χ1n) is 11.7. The third-order valence-electron chi connectivity index (χ3n) is 4.92. The minimum Gasteiger partial charge on any atom is -0.491 e. The molecule has 0 aliphatic heterocycles. The van der Waals surface area contributed by atoms with Crippen molar-refractivity contribution < 1.29 is 14.3 Å². The molecule has 182 valence electrons. The number of halogens is 1. The number of anilines is 1. The molecule has 1 atom stereocenters. The standard InChI is InChI=1S/C24H40N4O3.HI/c1-5-19(4)27-23(29)13-15-26-24(25-14-6-16-30-17-20-7-8-20)28-21-9-11-22(12-10-21)31-18(2)3;/h9-12,18-20H,5-8,13-17H2,1-4H3,(H,27,29)(H2,25,26,28);1H. The van der Waals surface area contributed by atoms with Crippen LogP contribution in [0.5, 0.6) is 5.75 Å². The zero-order valence-corrected chi connectivity index (χ0v) is 22.3. The summed E-state index contributed by atoms with van der Waals surface area (Å²) in [6.45, 7) is 10.9. The number of guanidine groups is 1. The molecule has 1 aromatic carbocycles. The Morgan fingerprint density at radius 1 is 1.19 bits per heavy atom. The fraction of sp³-hybridized carbons (Fsp3) is 0.667. The molecular formula is C24H41IN4O3. The summed E-state index contributed by atoms with van der Waals surface area (Å²) in [6.07, 6.45) is 4.95. The number of amides is 1. The van der Waals surface area contributed by atoms with Gasteiger partial charge < -0.3 is 25.4 Å². The van der Waals surface area contributed by atoms with Gasteiger partial charge in [0.25, 0.3) is 0 Å². The van der Waals surface area contributed by atoms with Gasteiger partial charge in [-0.25, -0.2) is 0 Å². The van der Waals surface area contributed by atoms with Crippen molar-refractivity contribution >= 4 is 41.5 Å². The molecule has 3 N–H and O–H groups in total. The van der Waals surface area contributed by atoms with Crippen molar-refractivity contribution in [1.82, 2.24) is 10.6 Å². The van der Waals surface area contributed by atoms with Gasteiger partial charge in [-0.15, -0.1) is 24.0 Å². The maximum Gasteiger partial charge on any atom is 0.221 e. The van der Waals surface area contributed by atoms with Gasteiger partial charge >= 0.3 is 0 Å². The van der Waals surface area contributed by atoms with Gasteiger partial charge in [-0.3, -0.25) is 9.79 Å². The molecular weight excluding hydrogens is 519 g/mol. The molecule has 1 unspecified atom stereocenters.